The summed E-state index contributed by atoms with van der Waals surface area (Å²) in [5.74, 6) is 0. The number of aromatic nitrogens is 2. The Labute approximate surface area is 158 Å². The Morgan fingerprint density at radius 2 is 2.04 bits per heavy atom. The lowest BCUT2D eigenvalue weighted by molar-refractivity contribution is 0.519. The highest BCUT2D eigenvalue weighted by atomic mass is 32.1. The normalized spacial score (nSPS) is 12.5. The molecule has 0 radical (unpaired) electrons. The van der Waals surface area contributed by atoms with Gasteiger partial charge in [0.15, 0.2) is 0 Å². The van der Waals surface area contributed by atoms with E-state index in [0.717, 1.165) is 18.7 Å². The lowest BCUT2D eigenvalue weighted by Crippen LogP contribution is -2.23. The molecular formula is C22H23N3S. The summed E-state index contributed by atoms with van der Waals surface area (Å²) >= 11 is 1.75. The van der Waals surface area contributed by atoms with Crippen LogP contribution in [0.2, 0.25) is 0 Å². The molecule has 4 rings (SSSR count). The van der Waals surface area contributed by atoms with Gasteiger partial charge in [0.05, 0.1) is 11.7 Å². The number of thiophene rings is 1. The van der Waals surface area contributed by atoms with E-state index in [-0.39, 0.29) is 6.04 Å². The first-order valence-electron chi connectivity index (χ1n) is 8.90. The molecule has 4 heteroatoms. The zero-order chi connectivity index (χ0) is 17.9. The van der Waals surface area contributed by atoms with Crippen LogP contribution < -0.4 is 5.32 Å². The van der Waals surface area contributed by atoms with E-state index >= 15 is 0 Å². The third-order valence-corrected chi connectivity index (χ3v) is 5.56. The lowest BCUT2D eigenvalue weighted by Gasteiger charge is -2.18. The summed E-state index contributed by atoms with van der Waals surface area (Å²) in [4.78, 5) is 4.67. The van der Waals surface area contributed by atoms with Crippen LogP contribution in [-0.4, -0.2) is 9.55 Å². The number of benzene rings is 1. The Morgan fingerprint density at radius 3 is 2.81 bits per heavy atom. The fraction of sp³-hybridized carbons (Fsp3) is 0.227. The molecule has 0 fully saturated rings. The summed E-state index contributed by atoms with van der Waals surface area (Å²) < 4.78 is 2.20. The molecule has 0 amide bonds. The highest BCUT2D eigenvalue weighted by molar-refractivity contribution is 7.07. The molecule has 0 saturated carbocycles. The highest BCUT2D eigenvalue weighted by Gasteiger charge is 2.15. The monoisotopic (exact) mass is 361 g/mol. The van der Waals surface area contributed by atoms with Gasteiger partial charge in [-0.05, 0) is 59.0 Å². The average Bonchev–Trinajstić information content (AvgIpc) is 3.28. The first-order chi connectivity index (χ1) is 12.7. The van der Waals surface area contributed by atoms with Gasteiger partial charge in [0.2, 0.25) is 0 Å². The molecule has 0 saturated heterocycles. The zero-order valence-electron chi connectivity index (χ0n) is 15.1. The van der Waals surface area contributed by atoms with Gasteiger partial charge in [0, 0.05) is 36.9 Å². The molecule has 0 bridgehead atoms. The van der Waals surface area contributed by atoms with Gasteiger partial charge in [-0.2, -0.15) is 11.3 Å². The summed E-state index contributed by atoms with van der Waals surface area (Å²) in [6, 6.07) is 15.2. The molecule has 0 unspecified atom stereocenters. The number of hydrogen-bond donors (Lipinski definition) is 1. The topological polar surface area (TPSA) is 29.9 Å². The minimum absolute atomic E-state index is 0.198. The molecule has 0 spiro atoms. The molecular weight excluding hydrogens is 338 g/mol. The van der Waals surface area contributed by atoms with E-state index < -0.39 is 0 Å². The van der Waals surface area contributed by atoms with Crippen molar-refractivity contribution in [2.75, 3.05) is 0 Å². The molecule has 0 aliphatic rings. The molecule has 26 heavy (non-hydrogen) atoms. The Kier molecular flexibility index (Phi) is 4.87. The summed E-state index contributed by atoms with van der Waals surface area (Å²) in [5.41, 5.74) is 6.24. The summed E-state index contributed by atoms with van der Waals surface area (Å²) in [6.07, 6.45) is 5.13. The van der Waals surface area contributed by atoms with Gasteiger partial charge in [0.1, 0.15) is 0 Å². The van der Waals surface area contributed by atoms with E-state index in [4.69, 9.17) is 0 Å². The molecule has 1 atom stereocenters. The van der Waals surface area contributed by atoms with Crippen LogP contribution in [0, 0.1) is 6.92 Å². The molecule has 1 aromatic carbocycles. The third-order valence-electron chi connectivity index (χ3n) is 4.83. The first-order valence-corrected chi connectivity index (χ1v) is 9.85. The second-order valence-corrected chi connectivity index (χ2v) is 7.59. The smallest absolute Gasteiger partial charge is 0.0576 e. The molecule has 0 aliphatic carbocycles. The van der Waals surface area contributed by atoms with E-state index in [1.807, 2.05) is 6.20 Å². The van der Waals surface area contributed by atoms with Crippen LogP contribution in [0.25, 0.3) is 10.9 Å². The molecule has 132 valence electrons. The SMILES string of the molecule is Cc1ccc([C@@H](Cc2ccsc2)NCc2cn(C)c3ccccc23)nc1. The fourth-order valence-corrected chi connectivity index (χ4v) is 4.09. The minimum Gasteiger partial charge on any atom is -0.350 e. The Bertz CT molecular complexity index is 984. The predicted octanol–water partition coefficient (Wildman–Crippen LogP) is 5.02. The predicted molar refractivity (Wildman–Crippen MR) is 109 cm³/mol. The number of nitrogens with one attached hydrogen (secondary N) is 1. The van der Waals surface area contributed by atoms with E-state index in [0.29, 0.717) is 0 Å². The van der Waals surface area contributed by atoms with Crippen molar-refractivity contribution in [3.05, 3.63) is 88.0 Å². The van der Waals surface area contributed by atoms with Crippen molar-refractivity contribution in [3.8, 4) is 0 Å². The second kappa shape index (κ2) is 7.44. The highest BCUT2D eigenvalue weighted by Crippen LogP contribution is 2.23. The van der Waals surface area contributed by atoms with Gasteiger partial charge in [-0.1, -0.05) is 24.3 Å². The van der Waals surface area contributed by atoms with Crippen LogP contribution in [0.4, 0.5) is 0 Å². The first kappa shape index (κ1) is 17.0. The van der Waals surface area contributed by atoms with Crippen molar-refractivity contribution in [2.24, 2.45) is 7.05 Å². The van der Waals surface area contributed by atoms with Gasteiger partial charge in [0.25, 0.3) is 0 Å². The van der Waals surface area contributed by atoms with Crippen molar-refractivity contribution in [1.29, 1.82) is 0 Å². The number of rotatable bonds is 6. The van der Waals surface area contributed by atoms with Gasteiger partial charge >= 0.3 is 0 Å². The Hall–Kier alpha value is -2.43. The Morgan fingerprint density at radius 1 is 1.15 bits per heavy atom. The van der Waals surface area contributed by atoms with Crippen LogP contribution in [0.15, 0.2) is 65.6 Å². The quantitative estimate of drug-likeness (QED) is 0.523. The van der Waals surface area contributed by atoms with Crippen LogP contribution in [-0.2, 0) is 20.0 Å². The third kappa shape index (κ3) is 3.57. The number of aryl methyl sites for hydroxylation is 2. The van der Waals surface area contributed by atoms with Crippen LogP contribution in [0.3, 0.4) is 0 Å². The summed E-state index contributed by atoms with van der Waals surface area (Å²) in [6.45, 7) is 2.90. The standard InChI is InChI=1S/C22H23N3S/c1-16-7-8-20(23-12-16)21(11-17-9-10-26-15-17)24-13-18-14-25(2)22-6-4-3-5-19(18)22/h3-10,12,14-15,21,24H,11,13H2,1-2H3/t21-/m1/s1. The Balaban J connectivity index is 1.58. The van der Waals surface area contributed by atoms with Gasteiger partial charge in [-0.15, -0.1) is 0 Å². The maximum absolute atomic E-state index is 4.67. The number of nitrogens with zero attached hydrogens (tertiary/aromatic N) is 2. The second-order valence-electron chi connectivity index (χ2n) is 6.81. The lowest BCUT2D eigenvalue weighted by atomic mass is 10.0. The summed E-state index contributed by atoms with van der Waals surface area (Å²) in [5, 5.41) is 9.42. The molecule has 3 nitrogen and oxygen atoms in total. The van der Waals surface area contributed by atoms with Crippen LogP contribution in [0.1, 0.15) is 28.4 Å². The number of para-hydroxylation sites is 1. The summed E-state index contributed by atoms with van der Waals surface area (Å²) in [7, 11) is 2.11. The van der Waals surface area contributed by atoms with Crippen molar-refractivity contribution in [3.63, 3.8) is 0 Å². The molecule has 4 aromatic rings. The van der Waals surface area contributed by atoms with Gasteiger partial charge < -0.3 is 9.88 Å². The van der Waals surface area contributed by atoms with Crippen molar-refractivity contribution in [2.45, 2.75) is 25.9 Å². The van der Waals surface area contributed by atoms with E-state index in [2.05, 4.69) is 88.3 Å². The van der Waals surface area contributed by atoms with E-state index in [1.54, 1.807) is 11.3 Å². The molecule has 3 heterocycles. The van der Waals surface area contributed by atoms with Gasteiger partial charge in [-0.25, -0.2) is 0 Å². The van der Waals surface area contributed by atoms with Crippen molar-refractivity contribution in [1.82, 2.24) is 14.9 Å². The molecule has 3 aromatic heterocycles. The molecule has 1 N–H and O–H groups in total. The van der Waals surface area contributed by atoms with Crippen LogP contribution >= 0.6 is 11.3 Å². The van der Waals surface area contributed by atoms with Crippen molar-refractivity contribution >= 4 is 22.2 Å². The number of fused-ring (bicyclic) bond motifs is 1. The van der Waals surface area contributed by atoms with Gasteiger partial charge in [-0.3, -0.25) is 4.98 Å². The van der Waals surface area contributed by atoms with E-state index in [1.165, 1.54) is 27.6 Å². The fourth-order valence-electron chi connectivity index (χ4n) is 3.41. The zero-order valence-corrected chi connectivity index (χ0v) is 16.0. The number of pyridine rings is 1. The average molecular weight is 362 g/mol. The largest absolute Gasteiger partial charge is 0.350 e. The van der Waals surface area contributed by atoms with Crippen LogP contribution in [0.5, 0.6) is 0 Å². The maximum Gasteiger partial charge on any atom is 0.0576 e. The van der Waals surface area contributed by atoms with Crippen molar-refractivity contribution < 1.29 is 0 Å². The minimum atomic E-state index is 0.198. The number of hydrogen-bond acceptors (Lipinski definition) is 3. The molecule has 0 aliphatic heterocycles. The van der Waals surface area contributed by atoms with E-state index in [9.17, 15) is 0 Å². The maximum atomic E-state index is 4.67.